The number of alkyl halides is 21. The van der Waals surface area contributed by atoms with E-state index >= 15 is 0 Å². The monoisotopic (exact) mass is 654 g/mol. The van der Waals surface area contributed by atoms with Gasteiger partial charge in [0.2, 0.25) is 0 Å². The number of nitrogen functional groups attached to an aromatic ring is 2. The Hall–Kier alpha value is -3.11. The van der Waals surface area contributed by atoms with Crippen molar-refractivity contribution in [1.82, 2.24) is 0 Å². The van der Waals surface area contributed by atoms with Gasteiger partial charge in [0, 0.05) is 23.5 Å². The molecule has 0 fully saturated rings. The Bertz CT molecular complexity index is 1050. The van der Waals surface area contributed by atoms with Crippen LogP contribution in [0.1, 0.15) is 0 Å². The molecule has 1 aromatic rings. The second-order valence-electron chi connectivity index (χ2n) is 7.60. The highest BCUT2D eigenvalue weighted by atomic mass is 19.5. The fourth-order valence-corrected chi connectivity index (χ4v) is 2.97. The van der Waals surface area contributed by atoms with Crippen molar-refractivity contribution in [2.75, 3.05) is 11.5 Å². The van der Waals surface area contributed by atoms with Crippen LogP contribution in [-0.4, -0.2) is 54.1 Å². The lowest BCUT2D eigenvalue weighted by Gasteiger charge is -2.43. The minimum Gasteiger partial charge on any atom is -0.457 e. The maximum atomic E-state index is 14.9. The quantitative estimate of drug-likeness (QED) is 0.192. The van der Waals surface area contributed by atoms with Gasteiger partial charge in [0.15, 0.2) is 5.76 Å². The minimum absolute atomic E-state index is 0.344. The maximum absolute atomic E-state index is 14.9. The molecule has 1 aromatic carbocycles. The molecule has 0 atom stereocenters. The van der Waals surface area contributed by atoms with E-state index in [1.54, 1.807) is 0 Å². The molecule has 24 heteroatoms. The summed E-state index contributed by atoms with van der Waals surface area (Å²) in [6.07, 6.45) is -50.6. The van der Waals surface area contributed by atoms with Gasteiger partial charge in [-0.2, -0.15) is 79.0 Å². The number of halogens is 21. The number of nitrogens with two attached hydrogens (primary N) is 2. The van der Waals surface area contributed by atoms with Crippen LogP contribution in [0.2, 0.25) is 0 Å². The Morgan fingerprint density at radius 2 is 0.659 bits per heavy atom. The molecule has 3 nitrogen and oxygen atoms in total. The van der Waals surface area contributed by atoms with E-state index in [0.29, 0.717) is 6.07 Å². The predicted molar refractivity (Wildman–Crippen MR) is 90.8 cm³/mol. The zero-order valence-electron chi connectivity index (χ0n) is 18.2. The second kappa shape index (κ2) is 9.73. The number of ether oxygens (including phenoxy) is 1. The highest BCUT2D eigenvalue weighted by Gasteiger charge is 2.90. The van der Waals surface area contributed by atoms with Gasteiger partial charge in [-0.15, -0.1) is 0 Å². The van der Waals surface area contributed by atoms with Crippen molar-refractivity contribution in [3.8, 4) is 5.75 Å². The summed E-state index contributed by atoms with van der Waals surface area (Å²) in [7, 11) is 0. The summed E-state index contributed by atoms with van der Waals surface area (Å²) >= 11 is 0. The molecule has 1 rings (SSSR count). The van der Waals surface area contributed by atoms with Gasteiger partial charge < -0.3 is 16.2 Å². The van der Waals surface area contributed by atoms with Gasteiger partial charge in [0.25, 0.3) is 0 Å². The van der Waals surface area contributed by atoms with E-state index < -0.39 is 82.5 Å². The average molecular weight is 654 g/mol. The zero-order valence-corrected chi connectivity index (χ0v) is 18.2. The third-order valence-electron chi connectivity index (χ3n) is 4.74. The fourth-order valence-electron chi connectivity index (χ4n) is 2.97. The van der Waals surface area contributed by atoms with Gasteiger partial charge in [-0.3, -0.25) is 0 Å². The topological polar surface area (TPSA) is 61.3 Å². The van der Waals surface area contributed by atoms with Crippen molar-refractivity contribution in [3.05, 3.63) is 29.5 Å². The average Bonchev–Trinajstić information content (AvgIpc) is 2.66. The first kappa shape index (κ1) is 35.9. The highest BCUT2D eigenvalue weighted by Crippen LogP contribution is 2.65. The van der Waals surface area contributed by atoms with Crippen LogP contribution in [0.15, 0.2) is 29.5 Å². The van der Waals surface area contributed by atoms with Crippen LogP contribution in [0.4, 0.5) is 104 Å². The molecular weight excluding hydrogens is 647 g/mol. The summed E-state index contributed by atoms with van der Waals surface area (Å²) in [5, 5.41) is 0. The van der Waals surface area contributed by atoms with Gasteiger partial charge >= 0.3 is 54.1 Å². The van der Waals surface area contributed by atoms with Crippen molar-refractivity contribution in [3.63, 3.8) is 0 Å². The standard InChI is InChI=1S/C17H7F21N2O/c18-9(12(21,22)23,13(24,25)26)7(10(19,14(27,28)29)15(30,31)32)8(11(20,16(33,34)35)17(36,37)38)41-6-2-4(39)1-5(40)3-6/h1-3H,39-40H2. The van der Waals surface area contributed by atoms with Crippen LogP contribution >= 0.6 is 0 Å². The minimum atomic E-state index is -8.84. The molecule has 41 heavy (non-hydrogen) atoms. The molecule has 0 spiro atoms. The van der Waals surface area contributed by atoms with Crippen LogP contribution in [0, 0.1) is 0 Å². The Kier molecular flexibility index (Phi) is 8.52. The van der Waals surface area contributed by atoms with Crippen molar-refractivity contribution in [2.45, 2.75) is 54.1 Å². The molecule has 0 heterocycles. The van der Waals surface area contributed by atoms with E-state index in [2.05, 4.69) is 4.74 Å². The second-order valence-corrected chi connectivity index (χ2v) is 7.60. The Labute approximate surface area is 210 Å². The first-order valence-corrected chi connectivity index (χ1v) is 9.19. The summed E-state index contributed by atoms with van der Waals surface area (Å²) in [5.74, 6) is -7.83. The first-order valence-electron chi connectivity index (χ1n) is 9.19. The number of allylic oxidation sites excluding steroid dienone is 2. The number of anilines is 2. The van der Waals surface area contributed by atoms with E-state index in [9.17, 15) is 92.2 Å². The molecular formula is C17H7F21N2O. The molecule has 0 saturated carbocycles. The van der Waals surface area contributed by atoms with Crippen molar-refractivity contribution in [2.24, 2.45) is 0 Å². The zero-order chi connectivity index (χ0) is 33.2. The van der Waals surface area contributed by atoms with Crippen LogP contribution < -0.4 is 16.2 Å². The summed E-state index contributed by atoms with van der Waals surface area (Å²) in [5.41, 5.74) is -24.7. The van der Waals surface area contributed by atoms with Crippen LogP contribution in [-0.2, 0) is 0 Å². The number of hydrogen-bond donors (Lipinski definition) is 2. The van der Waals surface area contributed by atoms with E-state index in [0.717, 1.165) is 0 Å². The third-order valence-corrected chi connectivity index (χ3v) is 4.74. The summed E-state index contributed by atoms with van der Waals surface area (Å²) < 4.78 is 289. The molecule has 0 aliphatic carbocycles. The number of rotatable bonds is 5. The fraction of sp³-hybridized carbons (Fsp3) is 0.529. The van der Waals surface area contributed by atoms with Gasteiger partial charge in [-0.1, -0.05) is 0 Å². The van der Waals surface area contributed by atoms with Crippen LogP contribution in [0.5, 0.6) is 5.75 Å². The number of hydrogen-bond acceptors (Lipinski definition) is 3. The Morgan fingerprint density at radius 3 is 0.878 bits per heavy atom. The lowest BCUT2D eigenvalue weighted by Crippen LogP contribution is -2.68. The lowest BCUT2D eigenvalue weighted by atomic mass is 9.76. The third kappa shape index (κ3) is 5.68. The SMILES string of the molecule is Nc1cc(N)cc(OC(=C(C(F)(C(F)(F)F)C(F)(F)F)C(F)(C(F)(F)F)C(F)(F)F)C(F)(C(F)(F)F)C(F)(F)F)c1. The van der Waals surface area contributed by atoms with Crippen molar-refractivity contribution in [1.29, 1.82) is 0 Å². The van der Waals surface area contributed by atoms with Crippen molar-refractivity contribution < 1.29 is 96.9 Å². The van der Waals surface area contributed by atoms with Crippen LogP contribution in [0.25, 0.3) is 0 Å². The predicted octanol–water partition coefficient (Wildman–Crippen LogP) is 7.98. The molecule has 0 aromatic heterocycles. The van der Waals surface area contributed by atoms with Gasteiger partial charge in [-0.25, -0.2) is 13.2 Å². The molecule has 0 aliphatic heterocycles. The Morgan fingerprint density at radius 1 is 0.415 bits per heavy atom. The Balaban J connectivity index is 5.03. The molecule has 0 saturated heterocycles. The summed E-state index contributed by atoms with van der Waals surface area (Å²) in [6.45, 7) is 0. The lowest BCUT2D eigenvalue weighted by molar-refractivity contribution is -0.370. The van der Waals surface area contributed by atoms with E-state index in [4.69, 9.17) is 11.5 Å². The van der Waals surface area contributed by atoms with E-state index in [-0.39, 0.29) is 12.1 Å². The van der Waals surface area contributed by atoms with Gasteiger partial charge in [0.05, 0.1) is 5.57 Å². The molecule has 0 amide bonds. The highest BCUT2D eigenvalue weighted by molar-refractivity contribution is 5.57. The molecule has 0 bridgehead atoms. The molecule has 4 N–H and O–H groups in total. The van der Waals surface area contributed by atoms with E-state index in [1.165, 1.54) is 0 Å². The van der Waals surface area contributed by atoms with Crippen molar-refractivity contribution >= 4 is 11.4 Å². The molecule has 0 unspecified atom stereocenters. The van der Waals surface area contributed by atoms with Crippen LogP contribution in [0.3, 0.4) is 0 Å². The smallest absolute Gasteiger partial charge is 0.439 e. The van der Waals surface area contributed by atoms with Gasteiger partial charge in [-0.05, 0) is 6.07 Å². The summed E-state index contributed by atoms with van der Waals surface area (Å²) in [4.78, 5) is 0. The summed E-state index contributed by atoms with van der Waals surface area (Å²) in [6, 6.07) is -0.296. The maximum Gasteiger partial charge on any atom is 0.439 e. The normalized spacial score (nSPS) is 15.1. The molecule has 238 valence electrons. The molecule has 0 aliphatic rings. The number of benzene rings is 1. The first-order chi connectivity index (χ1) is 17.6. The largest absolute Gasteiger partial charge is 0.457 e. The van der Waals surface area contributed by atoms with E-state index in [1.807, 2.05) is 0 Å². The van der Waals surface area contributed by atoms with Gasteiger partial charge in [0.1, 0.15) is 5.75 Å². The molecule has 0 radical (unpaired) electrons.